The van der Waals surface area contributed by atoms with Gasteiger partial charge in [-0.05, 0) is 44.0 Å². The molecule has 0 radical (unpaired) electrons. The Morgan fingerprint density at radius 2 is 1.95 bits per heavy atom. The van der Waals surface area contributed by atoms with Gasteiger partial charge >= 0.3 is 0 Å². The number of hydrogen-bond acceptors (Lipinski definition) is 3. The molecular weight excluding hydrogens is 262 g/mol. The van der Waals surface area contributed by atoms with Gasteiger partial charge in [0.15, 0.2) is 0 Å². The minimum Gasteiger partial charge on any atom is -0.378 e. The van der Waals surface area contributed by atoms with Crippen molar-refractivity contribution in [2.75, 3.05) is 32.1 Å². The first-order valence-corrected chi connectivity index (χ1v) is 7.90. The van der Waals surface area contributed by atoms with Gasteiger partial charge in [-0.1, -0.05) is 18.6 Å². The van der Waals surface area contributed by atoms with Crippen LogP contribution in [0.25, 0.3) is 0 Å². The molecule has 4 heteroatoms. The molecule has 21 heavy (non-hydrogen) atoms. The van der Waals surface area contributed by atoms with E-state index in [0.717, 1.165) is 25.9 Å². The zero-order valence-electron chi connectivity index (χ0n) is 13.4. The van der Waals surface area contributed by atoms with Gasteiger partial charge in [-0.25, -0.2) is 0 Å². The average Bonchev–Trinajstić information content (AvgIpc) is 2.53. The van der Waals surface area contributed by atoms with Crippen molar-refractivity contribution in [3.05, 3.63) is 29.8 Å². The van der Waals surface area contributed by atoms with Gasteiger partial charge in [-0.15, -0.1) is 0 Å². The molecule has 1 aliphatic rings. The standard InChI is InChI=1S/C17H27N3O/c1-4-20(17(21)16-7-5-6-12-18-16)13-14-8-10-15(11-9-14)19(2)3/h8-11,16,18H,4-7,12-13H2,1-3H3/t16-/m1/s1. The maximum absolute atomic E-state index is 12.6. The number of nitrogens with zero attached hydrogens (tertiary/aromatic N) is 2. The molecule has 1 saturated heterocycles. The van der Waals surface area contributed by atoms with Crippen molar-refractivity contribution >= 4 is 11.6 Å². The lowest BCUT2D eigenvalue weighted by molar-refractivity contribution is -0.134. The molecule has 1 heterocycles. The van der Waals surface area contributed by atoms with Gasteiger partial charge in [0.1, 0.15) is 0 Å². The van der Waals surface area contributed by atoms with Crippen molar-refractivity contribution in [2.45, 2.75) is 38.8 Å². The molecule has 1 N–H and O–H groups in total. The highest BCUT2D eigenvalue weighted by Gasteiger charge is 2.24. The first-order chi connectivity index (χ1) is 10.1. The van der Waals surface area contributed by atoms with E-state index in [2.05, 4.69) is 41.4 Å². The van der Waals surface area contributed by atoms with E-state index in [1.54, 1.807) is 0 Å². The normalized spacial score (nSPS) is 18.3. The van der Waals surface area contributed by atoms with Gasteiger partial charge in [0.05, 0.1) is 6.04 Å². The van der Waals surface area contributed by atoms with Crippen LogP contribution in [0.5, 0.6) is 0 Å². The van der Waals surface area contributed by atoms with Crippen LogP contribution in [0.15, 0.2) is 24.3 Å². The summed E-state index contributed by atoms with van der Waals surface area (Å²) in [6, 6.07) is 8.44. The minimum absolute atomic E-state index is 0.0137. The number of hydrogen-bond donors (Lipinski definition) is 1. The second kappa shape index (κ2) is 7.46. The van der Waals surface area contributed by atoms with Crippen LogP contribution in [0.4, 0.5) is 5.69 Å². The number of carbonyl (C=O) groups excluding carboxylic acids is 1. The summed E-state index contributed by atoms with van der Waals surface area (Å²) in [5, 5.41) is 3.35. The van der Waals surface area contributed by atoms with Crippen LogP contribution in [-0.4, -0.2) is 44.0 Å². The Hall–Kier alpha value is -1.55. The molecule has 1 aromatic carbocycles. The highest BCUT2D eigenvalue weighted by molar-refractivity contribution is 5.82. The van der Waals surface area contributed by atoms with Crippen molar-refractivity contribution in [1.29, 1.82) is 0 Å². The third-order valence-corrected chi connectivity index (χ3v) is 4.13. The molecule has 2 rings (SSSR count). The number of benzene rings is 1. The molecule has 0 spiro atoms. The molecule has 0 aromatic heterocycles. The maximum Gasteiger partial charge on any atom is 0.239 e. The SMILES string of the molecule is CCN(Cc1ccc(N(C)C)cc1)C(=O)[C@H]1CCCCN1. The van der Waals surface area contributed by atoms with Gasteiger partial charge in [0, 0.05) is 32.9 Å². The first-order valence-electron chi connectivity index (χ1n) is 7.90. The van der Waals surface area contributed by atoms with Crippen molar-refractivity contribution in [1.82, 2.24) is 10.2 Å². The highest BCUT2D eigenvalue weighted by Crippen LogP contribution is 2.15. The summed E-state index contributed by atoms with van der Waals surface area (Å²) in [5.74, 6) is 0.244. The van der Waals surface area contributed by atoms with Crippen molar-refractivity contribution in [2.24, 2.45) is 0 Å². The topological polar surface area (TPSA) is 35.6 Å². The minimum atomic E-state index is 0.0137. The number of nitrogens with one attached hydrogen (secondary N) is 1. The number of anilines is 1. The largest absolute Gasteiger partial charge is 0.378 e. The molecule has 116 valence electrons. The number of amides is 1. The smallest absolute Gasteiger partial charge is 0.239 e. The van der Waals surface area contributed by atoms with E-state index in [1.165, 1.54) is 17.7 Å². The quantitative estimate of drug-likeness (QED) is 0.903. The van der Waals surface area contributed by atoms with Crippen LogP contribution in [0.3, 0.4) is 0 Å². The lowest BCUT2D eigenvalue weighted by atomic mass is 10.0. The van der Waals surface area contributed by atoms with Crippen LogP contribution in [0.1, 0.15) is 31.7 Å². The monoisotopic (exact) mass is 289 g/mol. The van der Waals surface area contributed by atoms with E-state index in [1.807, 2.05) is 19.0 Å². The molecule has 1 fully saturated rings. The van der Waals surface area contributed by atoms with Crippen LogP contribution in [0, 0.1) is 0 Å². The van der Waals surface area contributed by atoms with Gasteiger partial charge < -0.3 is 15.1 Å². The number of likely N-dealkylation sites (N-methyl/N-ethyl adjacent to an activating group) is 1. The molecule has 1 amide bonds. The third kappa shape index (κ3) is 4.21. The van der Waals surface area contributed by atoms with Crippen molar-refractivity contribution < 1.29 is 4.79 Å². The number of piperidine rings is 1. The Morgan fingerprint density at radius 3 is 2.48 bits per heavy atom. The van der Waals surface area contributed by atoms with Crippen molar-refractivity contribution in [3.8, 4) is 0 Å². The molecule has 1 aromatic rings. The van der Waals surface area contributed by atoms with E-state index in [0.29, 0.717) is 6.54 Å². The Morgan fingerprint density at radius 1 is 1.24 bits per heavy atom. The highest BCUT2D eigenvalue weighted by atomic mass is 16.2. The maximum atomic E-state index is 12.6. The molecule has 1 atom stereocenters. The van der Waals surface area contributed by atoms with Crippen LogP contribution in [-0.2, 0) is 11.3 Å². The zero-order valence-corrected chi connectivity index (χ0v) is 13.4. The molecule has 1 aliphatic heterocycles. The molecule has 0 aliphatic carbocycles. The van der Waals surface area contributed by atoms with Crippen LogP contribution < -0.4 is 10.2 Å². The first kappa shape index (κ1) is 15.8. The van der Waals surface area contributed by atoms with Gasteiger partial charge in [0.25, 0.3) is 0 Å². The number of rotatable bonds is 5. The Balaban J connectivity index is 1.99. The zero-order chi connectivity index (χ0) is 15.2. The molecule has 4 nitrogen and oxygen atoms in total. The fourth-order valence-corrected chi connectivity index (χ4v) is 2.75. The fourth-order valence-electron chi connectivity index (χ4n) is 2.75. The lowest BCUT2D eigenvalue weighted by Crippen LogP contribution is -2.48. The van der Waals surface area contributed by atoms with Gasteiger partial charge in [0.2, 0.25) is 5.91 Å². The summed E-state index contributed by atoms with van der Waals surface area (Å²) in [6.45, 7) is 4.47. The predicted molar refractivity (Wildman–Crippen MR) is 87.5 cm³/mol. The summed E-state index contributed by atoms with van der Waals surface area (Å²) >= 11 is 0. The summed E-state index contributed by atoms with van der Waals surface area (Å²) in [5.41, 5.74) is 2.37. The van der Waals surface area contributed by atoms with E-state index in [4.69, 9.17) is 0 Å². The van der Waals surface area contributed by atoms with E-state index in [-0.39, 0.29) is 11.9 Å². The Bertz CT molecular complexity index is 450. The van der Waals surface area contributed by atoms with Crippen LogP contribution >= 0.6 is 0 Å². The summed E-state index contributed by atoms with van der Waals surface area (Å²) in [7, 11) is 4.07. The van der Waals surface area contributed by atoms with Gasteiger partial charge in [-0.2, -0.15) is 0 Å². The molecule has 0 bridgehead atoms. The number of carbonyl (C=O) groups is 1. The second-order valence-electron chi connectivity index (χ2n) is 5.92. The summed E-state index contributed by atoms with van der Waals surface area (Å²) < 4.78 is 0. The van der Waals surface area contributed by atoms with E-state index in [9.17, 15) is 4.79 Å². The molecule has 0 saturated carbocycles. The molecule has 0 unspecified atom stereocenters. The van der Waals surface area contributed by atoms with E-state index >= 15 is 0 Å². The second-order valence-corrected chi connectivity index (χ2v) is 5.92. The average molecular weight is 289 g/mol. The Kier molecular flexibility index (Phi) is 5.62. The fraction of sp³-hybridized carbons (Fsp3) is 0.588. The Labute approximate surface area is 128 Å². The lowest BCUT2D eigenvalue weighted by Gasteiger charge is -2.29. The van der Waals surface area contributed by atoms with Gasteiger partial charge in [-0.3, -0.25) is 4.79 Å². The summed E-state index contributed by atoms with van der Waals surface area (Å²) in [4.78, 5) is 16.6. The van der Waals surface area contributed by atoms with E-state index < -0.39 is 0 Å². The predicted octanol–water partition coefficient (Wildman–Crippen LogP) is 2.24. The molecular formula is C17H27N3O. The van der Waals surface area contributed by atoms with Crippen molar-refractivity contribution in [3.63, 3.8) is 0 Å². The summed E-state index contributed by atoms with van der Waals surface area (Å²) in [6.07, 6.45) is 3.30. The third-order valence-electron chi connectivity index (χ3n) is 4.13. The van der Waals surface area contributed by atoms with Crippen LogP contribution in [0.2, 0.25) is 0 Å².